The second-order valence-corrected chi connectivity index (χ2v) is 8.10. The molecule has 3 N–H and O–H groups in total. The van der Waals surface area contributed by atoms with Crippen molar-refractivity contribution >= 4 is 52.2 Å². The van der Waals surface area contributed by atoms with E-state index in [9.17, 15) is 9.59 Å². The molecule has 0 fully saturated rings. The molecule has 31 heavy (non-hydrogen) atoms. The van der Waals surface area contributed by atoms with Crippen LogP contribution in [-0.4, -0.2) is 16.6 Å². The van der Waals surface area contributed by atoms with E-state index < -0.39 is 0 Å². The zero-order chi connectivity index (χ0) is 22.1. The van der Waals surface area contributed by atoms with E-state index in [1.807, 2.05) is 6.07 Å². The molecule has 0 spiro atoms. The van der Waals surface area contributed by atoms with Crippen molar-refractivity contribution in [3.8, 4) is 11.1 Å². The Bertz CT molecular complexity index is 1300. The summed E-state index contributed by atoms with van der Waals surface area (Å²) in [5.41, 5.74) is 8.16. The molecule has 0 aliphatic rings. The molecule has 154 valence electrons. The van der Waals surface area contributed by atoms with Crippen LogP contribution in [0, 0.1) is 0 Å². The van der Waals surface area contributed by atoms with E-state index in [-0.39, 0.29) is 28.6 Å². The minimum Gasteiger partial charge on any atom is -0.385 e. The average molecular weight is 470 g/mol. The number of anilines is 1. The molecule has 1 aromatic heterocycles. The maximum atomic E-state index is 13.4. The zero-order valence-electron chi connectivity index (χ0n) is 16.0. The minimum absolute atomic E-state index is 0.0697. The molecule has 1 heterocycles. The summed E-state index contributed by atoms with van der Waals surface area (Å²) in [6, 6.07) is 20.0. The molecule has 0 saturated carbocycles. The van der Waals surface area contributed by atoms with Gasteiger partial charge in [0.05, 0.1) is 11.3 Å². The molecule has 4 rings (SSSR count). The zero-order valence-corrected chi connectivity index (χ0v) is 18.2. The van der Waals surface area contributed by atoms with E-state index in [0.29, 0.717) is 37.3 Å². The fraction of sp³-hybridized carbons (Fsp3) is 0. The summed E-state index contributed by atoms with van der Waals surface area (Å²) in [5, 5.41) is 1.22. The Morgan fingerprint density at radius 1 is 0.742 bits per heavy atom. The highest BCUT2D eigenvalue weighted by atomic mass is 35.5. The lowest BCUT2D eigenvalue weighted by Crippen LogP contribution is -2.07. The van der Waals surface area contributed by atoms with Gasteiger partial charge >= 0.3 is 0 Å². The molecule has 3 aromatic carbocycles. The number of carbonyl (C=O) groups is 2. The largest absolute Gasteiger partial charge is 0.385 e. The molecule has 0 aliphatic heterocycles. The van der Waals surface area contributed by atoms with Gasteiger partial charge in [-0.2, -0.15) is 0 Å². The molecule has 0 bridgehead atoms. The van der Waals surface area contributed by atoms with Crippen LogP contribution in [0.1, 0.15) is 32.0 Å². The lowest BCUT2D eigenvalue weighted by molar-refractivity contribution is 0.103. The molecule has 4 aromatic rings. The van der Waals surface area contributed by atoms with Gasteiger partial charge in [-0.25, -0.2) is 0 Å². The lowest BCUT2D eigenvalue weighted by Gasteiger charge is -2.10. The second kappa shape index (κ2) is 8.60. The molecule has 4 nitrogen and oxygen atoms in total. The van der Waals surface area contributed by atoms with E-state index in [2.05, 4.69) is 4.98 Å². The number of nitrogens with two attached hydrogens (primary N) is 1. The maximum absolute atomic E-state index is 13.4. The fourth-order valence-corrected chi connectivity index (χ4v) is 4.00. The predicted octanol–water partition coefficient (Wildman–Crippen LogP) is 6.69. The summed E-state index contributed by atoms with van der Waals surface area (Å²) in [6.07, 6.45) is 0. The third-order valence-corrected chi connectivity index (χ3v) is 5.63. The average Bonchev–Trinajstić information content (AvgIpc) is 3.10. The van der Waals surface area contributed by atoms with Crippen molar-refractivity contribution in [2.45, 2.75) is 0 Å². The third-order valence-electron chi connectivity index (χ3n) is 4.83. The summed E-state index contributed by atoms with van der Waals surface area (Å²) in [4.78, 5) is 29.6. The number of ketones is 2. The van der Waals surface area contributed by atoms with Gasteiger partial charge in [-0.05, 0) is 36.4 Å². The summed E-state index contributed by atoms with van der Waals surface area (Å²) in [5.74, 6) is -0.609. The van der Waals surface area contributed by atoms with Gasteiger partial charge in [0.25, 0.3) is 0 Å². The Morgan fingerprint density at radius 3 is 2.00 bits per heavy atom. The second-order valence-electron chi connectivity index (χ2n) is 6.82. The molecule has 0 radical (unpaired) electrons. The first-order valence-corrected chi connectivity index (χ1v) is 10.4. The Morgan fingerprint density at radius 2 is 1.35 bits per heavy atom. The molecular formula is C24H15Cl3N2O2. The SMILES string of the molecule is Nc1[nH]c(C(=O)c2ccccc2)c(-c2ccc(Cl)cc2Cl)c1C(=O)c1ccc(Cl)cc1. The van der Waals surface area contributed by atoms with E-state index >= 15 is 0 Å². The van der Waals surface area contributed by atoms with Crippen LogP contribution < -0.4 is 5.73 Å². The highest BCUT2D eigenvalue weighted by Gasteiger charge is 2.29. The van der Waals surface area contributed by atoms with Crippen LogP contribution in [0.3, 0.4) is 0 Å². The maximum Gasteiger partial charge on any atom is 0.209 e. The van der Waals surface area contributed by atoms with Crippen molar-refractivity contribution in [3.63, 3.8) is 0 Å². The molecular weight excluding hydrogens is 455 g/mol. The number of carbonyl (C=O) groups excluding carboxylic acids is 2. The van der Waals surface area contributed by atoms with Crippen LogP contribution in [-0.2, 0) is 0 Å². The summed E-state index contributed by atoms with van der Waals surface area (Å²) < 4.78 is 0. The van der Waals surface area contributed by atoms with Gasteiger partial charge in [-0.1, -0.05) is 71.2 Å². The summed E-state index contributed by atoms with van der Waals surface area (Å²) in [6.45, 7) is 0. The van der Waals surface area contributed by atoms with Crippen molar-refractivity contribution < 1.29 is 9.59 Å². The Kier molecular flexibility index (Phi) is 5.88. The van der Waals surface area contributed by atoms with Crippen LogP contribution in [0.15, 0.2) is 72.8 Å². The van der Waals surface area contributed by atoms with Gasteiger partial charge in [0, 0.05) is 37.3 Å². The van der Waals surface area contributed by atoms with E-state index in [0.717, 1.165) is 0 Å². The lowest BCUT2D eigenvalue weighted by atomic mass is 9.93. The monoisotopic (exact) mass is 468 g/mol. The molecule has 0 amide bonds. The first-order chi connectivity index (χ1) is 14.9. The standard InChI is InChI=1S/C24H15Cl3N2O2/c25-15-8-6-14(7-9-15)22(30)20-19(17-11-10-16(26)12-18(17)27)21(29-24(20)28)23(31)13-4-2-1-3-5-13/h1-12,29H,28H2. The van der Waals surface area contributed by atoms with E-state index in [1.54, 1.807) is 66.7 Å². The van der Waals surface area contributed by atoms with Crippen LogP contribution in [0.5, 0.6) is 0 Å². The molecule has 0 unspecified atom stereocenters. The molecule has 0 saturated heterocycles. The Hall–Kier alpha value is -3.05. The first kappa shape index (κ1) is 21.2. The van der Waals surface area contributed by atoms with Gasteiger partial charge in [0.2, 0.25) is 5.78 Å². The number of hydrogen-bond acceptors (Lipinski definition) is 3. The van der Waals surface area contributed by atoms with Crippen molar-refractivity contribution in [2.24, 2.45) is 0 Å². The Labute approximate surface area is 193 Å². The Balaban J connectivity index is 1.97. The van der Waals surface area contributed by atoms with Crippen molar-refractivity contribution in [3.05, 3.63) is 110 Å². The highest BCUT2D eigenvalue weighted by molar-refractivity contribution is 6.37. The number of aromatic nitrogens is 1. The van der Waals surface area contributed by atoms with Crippen LogP contribution in [0.2, 0.25) is 15.1 Å². The number of halogens is 3. The van der Waals surface area contributed by atoms with Gasteiger partial charge in [0.15, 0.2) is 5.78 Å². The van der Waals surface area contributed by atoms with Crippen LogP contribution >= 0.6 is 34.8 Å². The first-order valence-electron chi connectivity index (χ1n) is 9.23. The molecule has 0 aliphatic carbocycles. The number of nitrogens with one attached hydrogen (secondary N) is 1. The number of rotatable bonds is 5. The summed E-state index contributed by atoms with van der Waals surface area (Å²) >= 11 is 18.5. The fourth-order valence-electron chi connectivity index (χ4n) is 3.37. The number of benzene rings is 3. The van der Waals surface area contributed by atoms with E-state index in [1.165, 1.54) is 0 Å². The number of H-pyrrole nitrogens is 1. The van der Waals surface area contributed by atoms with Gasteiger partial charge in [0.1, 0.15) is 5.82 Å². The van der Waals surface area contributed by atoms with Crippen molar-refractivity contribution in [1.82, 2.24) is 4.98 Å². The number of nitrogen functional groups attached to an aromatic ring is 1. The predicted molar refractivity (Wildman–Crippen MR) is 125 cm³/mol. The highest BCUT2D eigenvalue weighted by Crippen LogP contribution is 2.39. The van der Waals surface area contributed by atoms with Crippen LogP contribution in [0.4, 0.5) is 5.82 Å². The van der Waals surface area contributed by atoms with E-state index in [4.69, 9.17) is 40.5 Å². The number of hydrogen-bond donors (Lipinski definition) is 2. The van der Waals surface area contributed by atoms with Gasteiger partial charge in [-0.3, -0.25) is 9.59 Å². The molecule has 0 atom stereocenters. The smallest absolute Gasteiger partial charge is 0.209 e. The van der Waals surface area contributed by atoms with Gasteiger partial charge in [-0.15, -0.1) is 0 Å². The quantitative estimate of drug-likeness (QED) is 0.320. The normalized spacial score (nSPS) is 10.8. The number of aromatic amines is 1. The van der Waals surface area contributed by atoms with Crippen molar-refractivity contribution in [1.29, 1.82) is 0 Å². The third kappa shape index (κ3) is 4.10. The van der Waals surface area contributed by atoms with Crippen molar-refractivity contribution in [2.75, 3.05) is 5.73 Å². The van der Waals surface area contributed by atoms with Gasteiger partial charge < -0.3 is 10.7 Å². The molecule has 7 heteroatoms. The van der Waals surface area contributed by atoms with Crippen LogP contribution in [0.25, 0.3) is 11.1 Å². The minimum atomic E-state index is -0.362. The topological polar surface area (TPSA) is 76.0 Å². The summed E-state index contributed by atoms with van der Waals surface area (Å²) in [7, 11) is 0.